The van der Waals surface area contributed by atoms with Gasteiger partial charge in [0.1, 0.15) is 15.5 Å². The highest BCUT2D eigenvalue weighted by atomic mass is 79.9. The Morgan fingerprint density at radius 1 is 1.59 bits per heavy atom. The standard InChI is InChI=1S/C15H20BrN3O2S/c1-15(2,3)21-12(20)7-10-5-4-6-19(9-10)14-18-11(8-17)13(16)22-14/h10H,4-7,9H2,1-3H3. The number of nitriles is 1. The van der Waals surface area contributed by atoms with Gasteiger partial charge in [0.05, 0.1) is 6.42 Å². The molecule has 2 rings (SSSR count). The number of esters is 1. The van der Waals surface area contributed by atoms with Crippen LogP contribution in [0, 0.1) is 17.2 Å². The fraction of sp³-hybridized carbons (Fsp3) is 0.667. The van der Waals surface area contributed by atoms with E-state index >= 15 is 0 Å². The number of hydrogen-bond acceptors (Lipinski definition) is 6. The lowest BCUT2D eigenvalue weighted by atomic mass is 9.95. The van der Waals surface area contributed by atoms with Gasteiger partial charge in [0.15, 0.2) is 10.8 Å². The van der Waals surface area contributed by atoms with Gasteiger partial charge in [-0.1, -0.05) is 11.3 Å². The van der Waals surface area contributed by atoms with E-state index in [0.717, 1.165) is 34.8 Å². The summed E-state index contributed by atoms with van der Waals surface area (Å²) in [6, 6.07) is 2.08. The SMILES string of the molecule is CC(C)(C)OC(=O)CC1CCCN(c2nc(C#N)c(Br)s2)C1. The van der Waals surface area contributed by atoms with Gasteiger partial charge in [-0.3, -0.25) is 4.79 Å². The average Bonchev–Trinajstić information content (AvgIpc) is 2.78. The van der Waals surface area contributed by atoms with E-state index in [1.807, 2.05) is 20.8 Å². The molecule has 0 saturated carbocycles. The summed E-state index contributed by atoms with van der Waals surface area (Å²) in [6.07, 6.45) is 2.48. The van der Waals surface area contributed by atoms with Crippen molar-refractivity contribution in [3.05, 3.63) is 9.48 Å². The number of hydrogen-bond donors (Lipinski definition) is 0. The molecule has 1 aromatic rings. The van der Waals surface area contributed by atoms with Crippen LogP contribution in [0.3, 0.4) is 0 Å². The maximum atomic E-state index is 12.0. The number of anilines is 1. The van der Waals surface area contributed by atoms with Gasteiger partial charge in [-0.25, -0.2) is 4.98 Å². The highest BCUT2D eigenvalue weighted by Gasteiger charge is 2.27. The lowest BCUT2D eigenvalue weighted by Crippen LogP contribution is -2.37. The molecule has 0 aromatic carbocycles. The van der Waals surface area contributed by atoms with Crippen LogP contribution in [-0.2, 0) is 9.53 Å². The van der Waals surface area contributed by atoms with E-state index in [2.05, 4.69) is 31.9 Å². The third-order valence-corrected chi connectivity index (χ3v) is 5.11. The summed E-state index contributed by atoms with van der Waals surface area (Å²) >= 11 is 4.83. The molecule has 0 bridgehead atoms. The molecule has 1 fully saturated rings. The molecule has 1 unspecified atom stereocenters. The lowest BCUT2D eigenvalue weighted by molar-refractivity contribution is -0.156. The number of piperidine rings is 1. The van der Waals surface area contributed by atoms with E-state index in [0.29, 0.717) is 12.1 Å². The van der Waals surface area contributed by atoms with Crippen LogP contribution in [0.2, 0.25) is 0 Å². The number of nitrogens with zero attached hydrogens (tertiary/aromatic N) is 3. The normalized spacial score (nSPS) is 18.9. The Labute approximate surface area is 143 Å². The van der Waals surface area contributed by atoms with Gasteiger partial charge in [0.25, 0.3) is 0 Å². The summed E-state index contributed by atoms with van der Waals surface area (Å²) in [4.78, 5) is 18.5. The Morgan fingerprint density at radius 3 is 2.91 bits per heavy atom. The lowest BCUT2D eigenvalue weighted by Gasteiger charge is -2.32. The largest absolute Gasteiger partial charge is 0.460 e. The van der Waals surface area contributed by atoms with Crippen molar-refractivity contribution in [1.29, 1.82) is 5.26 Å². The molecule has 1 aliphatic rings. The highest BCUT2D eigenvalue weighted by Crippen LogP contribution is 2.33. The molecular formula is C15H20BrN3O2S. The Kier molecular flexibility index (Phi) is 5.45. The fourth-order valence-corrected chi connectivity index (χ4v) is 3.91. The third-order valence-electron chi connectivity index (χ3n) is 3.35. The van der Waals surface area contributed by atoms with E-state index in [1.54, 1.807) is 0 Å². The molecule has 1 aliphatic heterocycles. The molecule has 0 amide bonds. The number of halogens is 1. The van der Waals surface area contributed by atoms with Crippen LogP contribution in [0.15, 0.2) is 3.79 Å². The second-order valence-electron chi connectivity index (χ2n) is 6.48. The number of ether oxygens (including phenoxy) is 1. The number of carbonyl (C=O) groups is 1. The molecule has 22 heavy (non-hydrogen) atoms. The van der Waals surface area contributed by atoms with Gasteiger partial charge in [0.2, 0.25) is 0 Å². The Balaban J connectivity index is 1.97. The highest BCUT2D eigenvalue weighted by molar-refractivity contribution is 9.11. The third kappa shape index (κ3) is 4.68. The minimum atomic E-state index is -0.437. The molecule has 7 heteroatoms. The molecule has 0 N–H and O–H groups in total. The van der Waals surface area contributed by atoms with Gasteiger partial charge >= 0.3 is 5.97 Å². The number of aromatic nitrogens is 1. The molecule has 0 radical (unpaired) electrons. The second kappa shape index (κ2) is 6.97. The fourth-order valence-electron chi connectivity index (χ4n) is 2.52. The van der Waals surface area contributed by atoms with Crippen LogP contribution < -0.4 is 4.90 Å². The quantitative estimate of drug-likeness (QED) is 0.741. The summed E-state index contributed by atoms with van der Waals surface area (Å²) in [5.41, 5.74) is -0.0120. The Morgan fingerprint density at radius 2 is 2.32 bits per heavy atom. The first-order valence-corrected chi connectivity index (χ1v) is 8.92. The van der Waals surface area contributed by atoms with Crippen molar-refractivity contribution in [3.63, 3.8) is 0 Å². The van der Waals surface area contributed by atoms with Crippen LogP contribution in [0.1, 0.15) is 45.7 Å². The van der Waals surface area contributed by atoms with Crippen LogP contribution in [0.25, 0.3) is 0 Å². The zero-order chi connectivity index (χ0) is 16.3. The molecule has 120 valence electrons. The molecule has 1 aromatic heterocycles. The second-order valence-corrected chi connectivity index (χ2v) is 8.77. The van der Waals surface area contributed by atoms with E-state index in [9.17, 15) is 4.79 Å². The predicted octanol–water partition coefficient (Wildman–Crippen LogP) is 3.73. The van der Waals surface area contributed by atoms with Gasteiger partial charge in [-0.05, 0) is 55.5 Å². The molecular weight excluding hydrogens is 366 g/mol. The number of thiazole rings is 1. The minimum Gasteiger partial charge on any atom is -0.460 e. The topological polar surface area (TPSA) is 66.2 Å². The van der Waals surface area contributed by atoms with Gasteiger partial charge in [-0.15, -0.1) is 0 Å². The van der Waals surface area contributed by atoms with Crippen LogP contribution in [-0.4, -0.2) is 29.6 Å². The first-order valence-electron chi connectivity index (χ1n) is 7.31. The van der Waals surface area contributed by atoms with Gasteiger partial charge in [-0.2, -0.15) is 5.26 Å². The smallest absolute Gasteiger partial charge is 0.306 e. The van der Waals surface area contributed by atoms with Crippen molar-refractivity contribution in [1.82, 2.24) is 4.98 Å². The molecule has 5 nitrogen and oxygen atoms in total. The Bertz CT molecular complexity index is 589. The maximum absolute atomic E-state index is 12.0. The van der Waals surface area contributed by atoms with Crippen LogP contribution in [0.4, 0.5) is 5.13 Å². The minimum absolute atomic E-state index is 0.141. The van der Waals surface area contributed by atoms with Crippen molar-refractivity contribution >= 4 is 38.4 Å². The van der Waals surface area contributed by atoms with Crippen molar-refractivity contribution in [2.45, 2.75) is 45.6 Å². The summed E-state index contributed by atoms with van der Waals surface area (Å²) in [5, 5.41) is 9.84. The van der Waals surface area contributed by atoms with Crippen LogP contribution in [0.5, 0.6) is 0 Å². The molecule has 0 spiro atoms. The van der Waals surface area contributed by atoms with Crippen LogP contribution >= 0.6 is 27.3 Å². The zero-order valence-corrected chi connectivity index (χ0v) is 15.5. The maximum Gasteiger partial charge on any atom is 0.306 e. The van der Waals surface area contributed by atoms with Gasteiger partial charge < -0.3 is 9.64 Å². The molecule has 0 aliphatic carbocycles. The summed E-state index contributed by atoms with van der Waals surface area (Å²) in [5.74, 6) is 0.134. The first kappa shape index (κ1) is 17.2. The number of carbonyl (C=O) groups excluding carboxylic acids is 1. The van der Waals surface area contributed by atoms with Crippen molar-refractivity contribution in [2.75, 3.05) is 18.0 Å². The van der Waals surface area contributed by atoms with E-state index in [4.69, 9.17) is 10.00 Å². The number of rotatable bonds is 3. The van der Waals surface area contributed by atoms with E-state index in [-0.39, 0.29) is 11.9 Å². The monoisotopic (exact) mass is 385 g/mol. The van der Waals surface area contributed by atoms with Crippen molar-refractivity contribution < 1.29 is 9.53 Å². The van der Waals surface area contributed by atoms with Gasteiger partial charge in [0, 0.05) is 13.1 Å². The van der Waals surface area contributed by atoms with E-state index in [1.165, 1.54) is 11.3 Å². The zero-order valence-electron chi connectivity index (χ0n) is 13.1. The summed E-state index contributed by atoms with van der Waals surface area (Å²) < 4.78 is 6.16. The average molecular weight is 386 g/mol. The predicted molar refractivity (Wildman–Crippen MR) is 89.9 cm³/mol. The molecule has 1 atom stereocenters. The molecule has 1 saturated heterocycles. The summed E-state index contributed by atoms with van der Waals surface area (Å²) in [7, 11) is 0. The first-order chi connectivity index (χ1) is 10.3. The van der Waals surface area contributed by atoms with E-state index < -0.39 is 5.60 Å². The summed E-state index contributed by atoms with van der Waals surface area (Å²) in [6.45, 7) is 7.34. The van der Waals surface area contributed by atoms with Crippen molar-refractivity contribution in [2.24, 2.45) is 5.92 Å². The molecule has 2 heterocycles. The Hall–Kier alpha value is -1.13. The van der Waals surface area contributed by atoms with Crippen molar-refractivity contribution in [3.8, 4) is 6.07 Å².